The Balaban J connectivity index is 2.17. The van der Waals surface area contributed by atoms with Gasteiger partial charge in [-0.3, -0.25) is 4.79 Å². The van der Waals surface area contributed by atoms with Gasteiger partial charge in [-0.05, 0) is 81.9 Å². The van der Waals surface area contributed by atoms with Crippen LogP contribution in [0.15, 0.2) is 42.5 Å². The average Bonchev–Trinajstić information content (AvgIpc) is 2.68. The van der Waals surface area contributed by atoms with Crippen LogP contribution >= 0.6 is 0 Å². The summed E-state index contributed by atoms with van der Waals surface area (Å²) in [7, 11) is -1.57. The predicted molar refractivity (Wildman–Crippen MR) is 121 cm³/mol. The zero-order chi connectivity index (χ0) is 23.3. The first-order valence-electron chi connectivity index (χ1n) is 10.1. The van der Waals surface area contributed by atoms with Crippen molar-refractivity contribution in [2.75, 3.05) is 0 Å². The van der Waals surface area contributed by atoms with Gasteiger partial charge in [0.05, 0.1) is 6.10 Å². The van der Waals surface area contributed by atoms with Gasteiger partial charge in [-0.15, -0.1) is 0 Å². The van der Waals surface area contributed by atoms with Crippen molar-refractivity contribution in [2.45, 2.75) is 53.2 Å². The largest absolute Gasteiger partial charge is 0.488 e. The Morgan fingerprint density at radius 1 is 1.03 bits per heavy atom. The molecule has 0 saturated heterocycles. The highest BCUT2D eigenvalue weighted by Crippen LogP contribution is 2.29. The Morgan fingerprint density at radius 2 is 1.58 bits per heavy atom. The number of rotatable bonds is 8. The van der Waals surface area contributed by atoms with Crippen molar-refractivity contribution in [3.63, 3.8) is 0 Å². The lowest BCUT2D eigenvalue weighted by atomic mass is 9.80. The number of ketones is 1. The molecule has 2 aromatic rings. The fourth-order valence-corrected chi connectivity index (χ4v) is 2.98. The Morgan fingerprint density at radius 3 is 2.06 bits per heavy atom. The van der Waals surface area contributed by atoms with Crippen molar-refractivity contribution in [1.29, 1.82) is 0 Å². The second-order valence-electron chi connectivity index (χ2n) is 8.24. The molecule has 6 nitrogen and oxygen atoms in total. The van der Waals surface area contributed by atoms with Crippen LogP contribution in [0, 0.1) is 13.8 Å². The molecule has 0 aliphatic rings. The van der Waals surface area contributed by atoms with Crippen LogP contribution in [0.5, 0.6) is 5.75 Å². The van der Waals surface area contributed by atoms with Gasteiger partial charge in [-0.25, -0.2) is 4.79 Å². The molecule has 2 aromatic carbocycles. The molecule has 0 unspecified atom stereocenters. The van der Waals surface area contributed by atoms with Gasteiger partial charge in [-0.2, -0.15) is 0 Å². The van der Waals surface area contributed by atoms with E-state index >= 15 is 0 Å². The Kier molecular flexibility index (Phi) is 7.82. The van der Waals surface area contributed by atoms with Crippen molar-refractivity contribution < 1.29 is 29.1 Å². The summed E-state index contributed by atoms with van der Waals surface area (Å²) in [5, 5.41) is 18.3. The molecule has 0 heterocycles. The van der Waals surface area contributed by atoms with Gasteiger partial charge in [0.25, 0.3) is 0 Å². The number of aryl methyl sites for hydroxylation is 2. The highest BCUT2D eigenvalue weighted by atomic mass is 16.6. The zero-order valence-corrected chi connectivity index (χ0v) is 18.8. The van der Waals surface area contributed by atoms with E-state index in [1.165, 1.54) is 18.2 Å². The fraction of sp³-hybridized carbons (Fsp3) is 0.333. The van der Waals surface area contributed by atoms with Crippen LogP contribution in [0.25, 0.3) is 6.08 Å². The molecule has 0 aliphatic heterocycles. The molecule has 0 atom stereocenters. The predicted octanol–water partition coefficient (Wildman–Crippen LogP) is 2.99. The van der Waals surface area contributed by atoms with Crippen molar-refractivity contribution in [1.82, 2.24) is 0 Å². The third-order valence-electron chi connectivity index (χ3n) is 4.59. The quantitative estimate of drug-likeness (QED) is 0.293. The molecule has 0 radical (unpaired) electrons. The summed E-state index contributed by atoms with van der Waals surface area (Å²) in [6.07, 6.45) is 2.94. The molecule has 0 aromatic heterocycles. The van der Waals surface area contributed by atoms with Crippen LogP contribution in [0.2, 0.25) is 0 Å². The number of hydrogen-bond acceptors (Lipinski definition) is 6. The lowest BCUT2D eigenvalue weighted by Gasteiger charge is -2.27. The van der Waals surface area contributed by atoms with Crippen LogP contribution < -0.4 is 10.2 Å². The normalized spacial score (nSPS) is 11.6. The SMILES string of the molecule is Cc1cc(/C=C/C(=O)c2ccc(B(O)O)cc2)cc(C)c1OC(C)(C)C(=O)OC(C)C. The monoisotopic (exact) mass is 424 g/mol. The summed E-state index contributed by atoms with van der Waals surface area (Å²) in [5.41, 5.74) is 2.11. The van der Waals surface area contributed by atoms with Crippen LogP contribution in [0.1, 0.15) is 54.7 Å². The molecule has 2 rings (SSSR count). The maximum absolute atomic E-state index is 12.4. The Labute approximate surface area is 183 Å². The van der Waals surface area contributed by atoms with Crippen molar-refractivity contribution in [3.8, 4) is 5.75 Å². The number of allylic oxidation sites excluding steroid dienone is 1. The smallest absolute Gasteiger partial charge is 0.476 e. The molecule has 164 valence electrons. The van der Waals surface area contributed by atoms with E-state index < -0.39 is 18.7 Å². The molecule has 31 heavy (non-hydrogen) atoms. The van der Waals surface area contributed by atoms with Gasteiger partial charge >= 0.3 is 13.1 Å². The summed E-state index contributed by atoms with van der Waals surface area (Å²) >= 11 is 0. The van der Waals surface area contributed by atoms with Gasteiger partial charge in [0.1, 0.15) is 5.75 Å². The number of carbonyl (C=O) groups is 2. The van der Waals surface area contributed by atoms with Crippen molar-refractivity contribution in [2.24, 2.45) is 0 Å². The van der Waals surface area contributed by atoms with Gasteiger partial charge in [0.15, 0.2) is 11.4 Å². The van der Waals surface area contributed by atoms with E-state index in [1.807, 2.05) is 26.0 Å². The molecule has 0 saturated carbocycles. The molecule has 0 aliphatic carbocycles. The first-order valence-corrected chi connectivity index (χ1v) is 10.1. The molecule has 0 fully saturated rings. The second kappa shape index (κ2) is 9.94. The minimum Gasteiger partial charge on any atom is -0.476 e. The van der Waals surface area contributed by atoms with E-state index in [1.54, 1.807) is 45.9 Å². The van der Waals surface area contributed by atoms with E-state index in [2.05, 4.69) is 0 Å². The van der Waals surface area contributed by atoms with E-state index in [0.717, 1.165) is 16.7 Å². The maximum Gasteiger partial charge on any atom is 0.488 e. The van der Waals surface area contributed by atoms with E-state index in [-0.39, 0.29) is 11.9 Å². The second-order valence-corrected chi connectivity index (χ2v) is 8.24. The van der Waals surface area contributed by atoms with Gasteiger partial charge in [-0.1, -0.05) is 30.3 Å². The Bertz CT molecular complexity index is 951. The zero-order valence-electron chi connectivity index (χ0n) is 18.8. The van der Waals surface area contributed by atoms with Gasteiger partial charge in [0.2, 0.25) is 0 Å². The van der Waals surface area contributed by atoms with Crippen molar-refractivity contribution >= 4 is 30.4 Å². The third kappa shape index (κ3) is 6.54. The lowest BCUT2D eigenvalue weighted by molar-refractivity contribution is -0.163. The van der Waals surface area contributed by atoms with Crippen LogP contribution in [0.4, 0.5) is 0 Å². The number of hydrogen-bond donors (Lipinski definition) is 2. The number of carbonyl (C=O) groups excluding carboxylic acids is 2. The van der Waals surface area contributed by atoms with Gasteiger partial charge < -0.3 is 19.5 Å². The summed E-state index contributed by atoms with van der Waals surface area (Å²) in [4.78, 5) is 24.7. The molecular formula is C24H29BO6. The molecule has 0 bridgehead atoms. The summed E-state index contributed by atoms with van der Waals surface area (Å²) < 4.78 is 11.3. The topological polar surface area (TPSA) is 93.1 Å². The summed E-state index contributed by atoms with van der Waals surface area (Å²) in [6, 6.07) is 9.85. The van der Waals surface area contributed by atoms with Gasteiger partial charge in [0, 0.05) is 5.56 Å². The molecule has 2 N–H and O–H groups in total. The third-order valence-corrected chi connectivity index (χ3v) is 4.59. The van der Waals surface area contributed by atoms with Crippen molar-refractivity contribution in [3.05, 3.63) is 64.7 Å². The fourth-order valence-electron chi connectivity index (χ4n) is 2.98. The summed E-state index contributed by atoms with van der Waals surface area (Å²) in [5.74, 6) is -0.0323. The average molecular weight is 424 g/mol. The first kappa shape index (κ1) is 24.4. The van der Waals surface area contributed by atoms with E-state index in [9.17, 15) is 9.59 Å². The lowest BCUT2D eigenvalue weighted by Crippen LogP contribution is -2.41. The Hall–Kier alpha value is -2.90. The van der Waals surface area contributed by atoms with E-state index in [4.69, 9.17) is 19.5 Å². The van der Waals surface area contributed by atoms with E-state index in [0.29, 0.717) is 16.8 Å². The molecule has 0 spiro atoms. The molecule has 0 amide bonds. The maximum atomic E-state index is 12.4. The number of ether oxygens (including phenoxy) is 2. The number of benzene rings is 2. The highest BCUT2D eigenvalue weighted by Gasteiger charge is 2.33. The molecular weight excluding hydrogens is 395 g/mol. The minimum absolute atomic E-state index is 0.202. The minimum atomic E-state index is -1.57. The van der Waals surface area contributed by atoms with Crippen LogP contribution in [-0.2, 0) is 9.53 Å². The number of esters is 1. The standard InChI is InChI=1S/C24H29BO6/c1-15(2)30-23(27)24(5,6)31-22-16(3)13-18(14-17(22)4)7-12-21(26)19-8-10-20(11-9-19)25(28)29/h7-15,28-29H,1-6H3/b12-7+. The first-order chi connectivity index (χ1) is 14.4. The highest BCUT2D eigenvalue weighted by molar-refractivity contribution is 6.58. The molecule has 7 heteroatoms. The van der Waals surface area contributed by atoms with Crippen LogP contribution in [-0.4, -0.2) is 40.6 Å². The summed E-state index contributed by atoms with van der Waals surface area (Å²) in [6.45, 7) is 10.7. The van der Waals surface area contributed by atoms with Crippen LogP contribution in [0.3, 0.4) is 0 Å².